The SMILES string of the molecule is CCCCCCCCSCCCCc1cccc(O)c1C. The summed E-state index contributed by atoms with van der Waals surface area (Å²) in [6, 6.07) is 5.86. The second-order valence-electron chi connectivity index (χ2n) is 5.90. The Hall–Kier alpha value is -0.630. The standard InChI is InChI=1S/C19H32OS/c1-3-4-5-6-7-9-15-21-16-10-8-12-18-13-11-14-19(20)17(18)2/h11,13-14,20H,3-10,12,15-16H2,1-2H3. The first kappa shape index (κ1) is 18.4. The molecule has 1 rings (SSSR count). The number of aryl methyl sites for hydroxylation is 1. The van der Waals surface area contributed by atoms with Crippen LogP contribution >= 0.6 is 11.8 Å². The molecule has 0 bridgehead atoms. The van der Waals surface area contributed by atoms with Crippen molar-refractivity contribution in [2.75, 3.05) is 11.5 Å². The molecule has 1 N–H and O–H groups in total. The van der Waals surface area contributed by atoms with Crippen LogP contribution in [-0.2, 0) is 6.42 Å². The number of hydrogen-bond donors (Lipinski definition) is 1. The van der Waals surface area contributed by atoms with Crippen molar-refractivity contribution in [2.45, 2.75) is 71.6 Å². The van der Waals surface area contributed by atoms with Crippen LogP contribution in [0.4, 0.5) is 0 Å². The van der Waals surface area contributed by atoms with Crippen molar-refractivity contribution in [3.05, 3.63) is 29.3 Å². The maximum absolute atomic E-state index is 9.67. The van der Waals surface area contributed by atoms with Gasteiger partial charge in [-0.25, -0.2) is 0 Å². The van der Waals surface area contributed by atoms with Gasteiger partial charge in [0.2, 0.25) is 0 Å². The Kier molecular flexibility index (Phi) is 10.5. The van der Waals surface area contributed by atoms with Crippen molar-refractivity contribution in [1.82, 2.24) is 0 Å². The van der Waals surface area contributed by atoms with E-state index in [9.17, 15) is 5.11 Å². The van der Waals surface area contributed by atoms with E-state index in [2.05, 4.69) is 24.8 Å². The molecule has 0 aliphatic carbocycles. The number of thioether (sulfide) groups is 1. The van der Waals surface area contributed by atoms with Crippen LogP contribution in [0.25, 0.3) is 0 Å². The average Bonchev–Trinajstić information content (AvgIpc) is 2.49. The Bertz CT molecular complexity index is 376. The Morgan fingerprint density at radius 2 is 1.57 bits per heavy atom. The normalized spacial score (nSPS) is 11.0. The van der Waals surface area contributed by atoms with E-state index in [-0.39, 0.29) is 0 Å². The van der Waals surface area contributed by atoms with Crippen LogP contribution < -0.4 is 0 Å². The number of phenolic OH excluding ortho intramolecular Hbond substituents is 1. The predicted octanol–water partition coefficient (Wildman–Crippen LogP) is 6.12. The van der Waals surface area contributed by atoms with E-state index >= 15 is 0 Å². The summed E-state index contributed by atoms with van der Waals surface area (Å²) in [6.45, 7) is 4.28. The van der Waals surface area contributed by atoms with Crippen molar-refractivity contribution < 1.29 is 5.11 Å². The van der Waals surface area contributed by atoms with Crippen LogP contribution in [0, 0.1) is 6.92 Å². The Labute approximate surface area is 135 Å². The van der Waals surface area contributed by atoms with Gasteiger partial charge in [-0.15, -0.1) is 0 Å². The van der Waals surface area contributed by atoms with E-state index in [0.717, 1.165) is 12.0 Å². The first-order chi connectivity index (χ1) is 10.3. The van der Waals surface area contributed by atoms with Crippen LogP contribution in [0.1, 0.15) is 69.4 Å². The highest BCUT2D eigenvalue weighted by atomic mass is 32.2. The molecule has 0 aliphatic heterocycles. The molecule has 1 aromatic rings. The van der Waals surface area contributed by atoms with Crippen LogP contribution in [0.15, 0.2) is 18.2 Å². The van der Waals surface area contributed by atoms with E-state index in [1.54, 1.807) is 6.07 Å². The number of phenols is 1. The lowest BCUT2D eigenvalue weighted by atomic mass is 10.0. The molecule has 1 aromatic carbocycles. The van der Waals surface area contributed by atoms with Gasteiger partial charge in [0.05, 0.1) is 0 Å². The maximum Gasteiger partial charge on any atom is 0.118 e. The lowest BCUT2D eigenvalue weighted by Crippen LogP contribution is -1.92. The maximum atomic E-state index is 9.67. The van der Waals surface area contributed by atoms with Gasteiger partial charge in [0.15, 0.2) is 0 Å². The fourth-order valence-electron chi connectivity index (χ4n) is 2.55. The molecule has 0 spiro atoms. The van der Waals surface area contributed by atoms with Crippen LogP contribution in [0.3, 0.4) is 0 Å². The zero-order valence-electron chi connectivity index (χ0n) is 13.9. The molecule has 0 aromatic heterocycles. The third kappa shape index (κ3) is 8.40. The van der Waals surface area contributed by atoms with E-state index in [0.29, 0.717) is 5.75 Å². The summed E-state index contributed by atoms with van der Waals surface area (Å²) in [6.07, 6.45) is 12.0. The smallest absolute Gasteiger partial charge is 0.118 e. The second kappa shape index (κ2) is 12.0. The fourth-order valence-corrected chi connectivity index (χ4v) is 3.57. The zero-order valence-corrected chi connectivity index (χ0v) is 14.7. The van der Waals surface area contributed by atoms with Crippen molar-refractivity contribution in [3.8, 4) is 5.75 Å². The van der Waals surface area contributed by atoms with Crippen molar-refractivity contribution in [2.24, 2.45) is 0 Å². The molecule has 0 saturated heterocycles. The van der Waals surface area contributed by atoms with Crippen molar-refractivity contribution in [3.63, 3.8) is 0 Å². The molecular weight excluding hydrogens is 276 g/mol. The minimum Gasteiger partial charge on any atom is -0.508 e. The molecule has 2 heteroatoms. The third-order valence-corrected chi connectivity index (χ3v) is 5.20. The van der Waals surface area contributed by atoms with Crippen molar-refractivity contribution >= 4 is 11.8 Å². The number of benzene rings is 1. The summed E-state index contributed by atoms with van der Waals surface area (Å²) >= 11 is 2.11. The molecule has 0 unspecified atom stereocenters. The highest BCUT2D eigenvalue weighted by Gasteiger charge is 2.02. The minimum absolute atomic E-state index is 0.435. The van der Waals surface area contributed by atoms with Crippen molar-refractivity contribution in [1.29, 1.82) is 0 Å². The summed E-state index contributed by atoms with van der Waals surface area (Å²) in [5.41, 5.74) is 2.35. The first-order valence-electron chi connectivity index (χ1n) is 8.61. The van der Waals surface area contributed by atoms with Gasteiger partial charge in [0.25, 0.3) is 0 Å². The van der Waals surface area contributed by atoms with Crippen LogP contribution in [0.5, 0.6) is 5.75 Å². The number of unbranched alkanes of at least 4 members (excludes halogenated alkanes) is 6. The van der Waals surface area contributed by atoms with Gasteiger partial charge >= 0.3 is 0 Å². The van der Waals surface area contributed by atoms with Gasteiger partial charge in [-0.1, -0.05) is 51.2 Å². The van der Waals surface area contributed by atoms with E-state index in [4.69, 9.17) is 0 Å². The molecule has 120 valence electrons. The predicted molar refractivity (Wildman–Crippen MR) is 96.5 cm³/mol. The monoisotopic (exact) mass is 308 g/mol. The number of rotatable bonds is 12. The Morgan fingerprint density at radius 1 is 0.905 bits per heavy atom. The van der Waals surface area contributed by atoms with Gasteiger partial charge in [0, 0.05) is 0 Å². The third-order valence-electron chi connectivity index (χ3n) is 4.04. The first-order valence-corrected chi connectivity index (χ1v) is 9.76. The van der Waals surface area contributed by atoms with E-state index in [1.165, 1.54) is 68.4 Å². The minimum atomic E-state index is 0.435. The molecule has 0 heterocycles. The average molecular weight is 309 g/mol. The molecule has 0 fully saturated rings. The highest BCUT2D eigenvalue weighted by molar-refractivity contribution is 7.99. The van der Waals surface area contributed by atoms with Crippen LogP contribution in [-0.4, -0.2) is 16.6 Å². The molecule has 0 radical (unpaired) electrons. The van der Waals surface area contributed by atoms with Gasteiger partial charge < -0.3 is 5.11 Å². The molecule has 0 saturated carbocycles. The largest absolute Gasteiger partial charge is 0.508 e. The number of aromatic hydroxyl groups is 1. The lowest BCUT2D eigenvalue weighted by Gasteiger charge is -2.07. The fraction of sp³-hybridized carbons (Fsp3) is 0.684. The summed E-state index contributed by atoms with van der Waals surface area (Å²) in [7, 11) is 0. The summed E-state index contributed by atoms with van der Waals surface area (Å²) < 4.78 is 0. The molecule has 0 amide bonds. The molecule has 0 aliphatic rings. The Balaban J connectivity index is 1.94. The molecule has 0 atom stereocenters. The van der Waals surface area contributed by atoms with Gasteiger partial charge in [0.1, 0.15) is 5.75 Å². The highest BCUT2D eigenvalue weighted by Crippen LogP contribution is 2.21. The summed E-state index contributed by atoms with van der Waals surface area (Å²) in [4.78, 5) is 0. The van der Waals surface area contributed by atoms with Gasteiger partial charge in [-0.3, -0.25) is 0 Å². The van der Waals surface area contributed by atoms with Gasteiger partial charge in [-0.2, -0.15) is 11.8 Å². The quantitative estimate of drug-likeness (QED) is 0.470. The topological polar surface area (TPSA) is 20.2 Å². The van der Waals surface area contributed by atoms with E-state index in [1.807, 2.05) is 13.0 Å². The Morgan fingerprint density at radius 3 is 2.33 bits per heavy atom. The van der Waals surface area contributed by atoms with Crippen LogP contribution in [0.2, 0.25) is 0 Å². The molecule has 1 nitrogen and oxygen atoms in total. The lowest BCUT2D eigenvalue weighted by molar-refractivity contribution is 0.470. The summed E-state index contributed by atoms with van der Waals surface area (Å²) in [5, 5.41) is 9.67. The zero-order chi connectivity index (χ0) is 15.3. The second-order valence-corrected chi connectivity index (χ2v) is 7.12. The molecular formula is C19H32OS. The number of hydrogen-bond acceptors (Lipinski definition) is 2. The van der Waals surface area contributed by atoms with Gasteiger partial charge in [-0.05, 0) is 61.3 Å². The summed E-state index contributed by atoms with van der Waals surface area (Å²) in [5.74, 6) is 3.05. The van der Waals surface area contributed by atoms with E-state index < -0.39 is 0 Å². The molecule has 21 heavy (non-hydrogen) atoms.